The van der Waals surface area contributed by atoms with E-state index in [2.05, 4.69) is 20.9 Å². The minimum absolute atomic E-state index is 0.0115. The first-order chi connectivity index (χ1) is 19.0. The number of nitrogens with two attached hydrogens (primary N) is 1. The average Bonchev–Trinajstić information content (AvgIpc) is 3.33. The number of carboxylic acids is 1. The highest BCUT2D eigenvalue weighted by Crippen LogP contribution is 2.19. The number of phenols is 1. The molecule has 0 bridgehead atoms. The molecule has 0 aliphatic rings. The van der Waals surface area contributed by atoms with Crippen molar-refractivity contribution in [2.75, 3.05) is 6.61 Å². The first-order valence-corrected chi connectivity index (χ1v) is 12.5. The van der Waals surface area contributed by atoms with E-state index >= 15 is 0 Å². The molecule has 0 fully saturated rings. The van der Waals surface area contributed by atoms with Crippen molar-refractivity contribution >= 4 is 34.6 Å². The number of aliphatic hydroxyl groups is 2. The van der Waals surface area contributed by atoms with Gasteiger partial charge in [-0.05, 0) is 36.2 Å². The first kappa shape index (κ1) is 30.1. The van der Waals surface area contributed by atoms with Gasteiger partial charge in [0.05, 0.1) is 12.7 Å². The highest BCUT2D eigenvalue weighted by atomic mass is 16.4. The predicted molar refractivity (Wildman–Crippen MR) is 144 cm³/mol. The van der Waals surface area contributed by atoms with Crippen LogP contribution >= 0.6 is 0 Å². The van der Waals surface area contributed by atoms with E-state index in [0.29, 0.717) is 11.1 Å². The maximum Gasteiger partial charge on any atom is 0.326 e. The van der Waals surface area contributed by atoms with Crippen LogP contribution in [0.4, 0.5) is 0 Å². The van der Waals surface area contributed by atoms with E-state index in [4.69, 9.17) is 5.73 Å². The largest absolute Gasteiger partial charge is 0.508 e. The van der Waals surface area contributed by atoms with Crippen LogP contribution < -0.4 is 21.7 Å². The number of benzene rings is 2. The summed E-state index contributed by atoms with van der Waals surface area (Å²) in [5, 5.41) is 46.7. The maximum absolute atomic E-state index is 13.2. The molecule has 5 atom stereocenters. The molecule has 1 aromatic heterocycles. The molecule has 0 aliphatic heterocycles. The smallest absolute Gasteiger partial charge is 0.326 e. The Labute approximate surface area is 229 Å². The Morgan fingerprint density at radius 3 is 2.17 bits per heavy atom. The van der Waals surface area contributed by atoms with E-state index in [1.54, 1.807) is 12.3 Å². The Hall–Kier alpha value is -4.46. The third-order valence-electron chi connectivity index (χ3n) is 6.32. The van der Waals surface area contributed by atoms with Gasteiger partial charge in [-0.1, -0.05) is 30.3 Å². The zero-order valence-corrected chi connectivity index (χ0v) is 21.7. The van der Waals surface area contributed by atoms with E-state index in [9.17, 15) is 39.6 Å². The van der Waals surface area contributed by atoms with Gasteiger partial charge in [-0.2, -0.15) is 0 Å². The van der Waals surface area contributed by atoms with Crippen LogP contribution in [0, 0.1) is 0 Å². The molecule has 40 heavy (non-hydrogen) atoms. The molecule has 0 spiro atoms. The Morgan fingerprint density at radius 2 is 1.55 bits per heavy atom. The number of aromatic hydroxyl groups is 1. The number of phenolic OH excluding ortho intramolecular Hbond substituents is 1. The average molecular weight is 556 g/mol. The Bertz CT molecular complexity index is 1340. The fourth-order valence-corrected chi connectivity index (χ4v) is 4.08. The molecule has 3 amide bonds. The molecule has 3 rings (SSSR count). The molecular formula is C27H33N5O8. The summed E-state index contributed by atoms with van der Waals surface area (Å²) >= 11 is 0. The van der Waals surface area contributed by atoms with Gasteiger partial charge in [-0.3, -0.25) is 14.4 Å². The lowest BCUT2D eigenvalue weighted by molar-refractivity contribution is -0.143. The van der Waals surface area contributed by atoms with E-state index in [-0.39, 0.29) is 18.6 Å². The number of fused-ring (bicyclic) bond motifs is 1. The molecule has 13 nitrogen and oxygen atoms in total. The van der Waals surface area contributed by atoms with Crippen molar-refractivity contribution in [3.05, 3.63) is 65.9 Å². The molecule has 3 aromatic rings. The van der Waals surface area contributed by atoms with Crippen LogP contribution in [0.1, 0.15) is 18.1 Å². The summed E-state index contributed by atoms with van der Waals surface area (Å²) < 4.78 is 0. The van der Waals surface area contributed by atoms with Crippen LogP contribution in [-0.4, -0.2) is 86.0 Å². The standard InChI is InChI=1S/C27H33N5O8/c1-14(34)23(26(38)31-22(27(39)40)11-16-12-29-20-5-3-2-4-18(16)20)32-25(37)21(30-24(36)19(28)13-33)10-15-6-8-17(35)9-7-15/h2-9,12,14,19,21-23,29,33-35H,10-11,13,28H2,1H3,(H,30,36)(H,31,38)(H,32,37)(H,39,40). The van der Waals surface area contributed by atoms with Gasteiger partial charge in [0.25, 0.3) is 0 Å². The van der Waals surface area contributed by atoms with Crippen molar-refractivity contribution in [2.24, 2.45) is 5.73 Å². The monoisotopic (exact) mass is 555 g/mol. The number of aromatic nitrogens is 1. The number of aliphatic carboxylic acids is 1. The third-order valence-corrected chi connectivity index (χ3v) is 6.32. The van der Waals surface area contributed by atoms with Crippen molar-refractivity contribution in [2.45, 2.75) is 50.0 Å². The zero-order valence-electron chi connectivity index (χ0n) is 21.7. The molecule has 5 unspecified atom stereocenters. The predicted octanol–water partition coefficient (Wildman–Crippen LogP) is -1.10. The van der Waals surface area contributed by atoms with Crippen molar-refractivity contribution in [3.8, 4) is 5.75 Å². The summed E-state index contributed by atoms with van der Waals surface area (Å²) in [5.41, 5.74) is 7.55. The number of aliphatic hydroxyl groups excluding tert-OH is 2. The molecule has 214 valence electrons. The van der Waals surface area contributed by atoms with Gasteiger partial charge in [0, 0.05) is 29.9 Å². The molecular weight excluding hydrogens is 522 g/mol. The quantitative estimate of drug-likeness (QED) is 0.124. The molecule has 2 aromatic carbocycles. The lowest BCUT2D eigenvalue weighted by Gasteiger charge is -2.26. The number of H-pyrrole nitrogens is 1. The number of carbonyl (C=O) groups excluding carboxylic acids is 3. The van der Waals surface area contributed by atoms with E-state index in [1.807, 2.05) is 18.2 Å². The maximum atomic E-state index is 13.2. The van der Waals surface area contributed by atoms with Crippen LogP contribution in [0.2, 0.25) is 0 Å². The highest BCUT2D eigenvalue weighted by molar-refractivity contribution is 5.94. The number of para-hydroxylation sites is 1. The number of carbonyl (C=O) groups is 4. The summed E-state index contributed by atoms with van der Waals surface area (Å²) in [4.78, 5) is 53.7. The number of nitrogens with one attached hydrogen (secondary N) is 4. The number of hydrogen-bond donors (Lipinski definition) is 9. The summed E-state index contributed by atoms with van der Waals surface area (Å²) in [5.74, 6) is -3.97. The van der Waals surface area contributed by atoms with Gasteiger partial charge in [-0.15, -0.1) is 0 Å². The number of carboxylic acid groups (broad SMARTS) is 1. The van der Waals surface area contributed by atoms with Gasteiger partial charge >= 0.3 is 5.97 Å². The number of amides is 3. The lowest BCUT2D eigenvalue weighted by Crippen LogP contribution is -2.60. The van der Waals surface area contributed by atoms with Crippen LogP contribution in [0.25, 0.3) is 10.9 Å². The van der Waals surface area contributed by atoms with Gasteiger partial charge in [0.1, 0.15) is 29.9 Å². The second kappa shape index (κ2) is 13.6. The summed E-state index contributed by atoms with van der Waals surface area (Å²) in [7, 11) is 0. The molecule has 13 heteroatoms. The minimum atomic E-state index is -1.57. The lowest BCUT2D eigenvalue weighted by atomic mass is 10.0. The Morgan fingerprint density at radius 1 is 0.900 bits per heavy atom. The number of aromatic amines is 1. The van der Waals surface area contributed by atoms with Crippen molar-refractivity contribution < 1.29 is 39.6 Å². The van der Waals surface area contributed by atoms with Crippen LogP contribution in [0.15, 0.2) is 54.7 Å². The van der Waals surface area contributed by atoms with Crippen molar-refractivity contribution in [1.29, 1.82) is 0 Å². The fourth-order valence-electron chi connectivity index (χ4n) is 4.08. The summed E-state index contributed by atoms with van der Waals surface area (Å²) in [6.07, 6.45) is 0.0669. The second-order valence-corrected chi connectivity index (χ2v) is 9.41. The highest BCUT2D eigenvalue weighted by Gasteiger charge is 2.33. The molecule has 1 heterocycles. The zero-order chi connectivity index (χ0) is 29.4. The first-order valence-electron chi connectivity index (χ1n) is 12.5. The summed E-state index contributed by atoms with van der Waals surface area (Å²) in [6, 6.07) is 7.54. The van der Waals surface area contributed by atoms with E-state index in [1.165, 1.54) is 31.2 Å². The van der Waals surface area contributed by atoms with E-state index in [0.717, 1.165) is 10.9 Å². The summed E-state index contributed by atoms with van der Waals surface area (Å²) in [6.45, 7) is 0.570. The van der Waals surface area contributed by atoms with Crippen LogP contribution in [-0.2, 0) is 32.0 Å². The number of hydrogen-bond acceptors (Lipinski definition) is 8. The Kier molecular flexibility index (Phi) is 10.2. The molecule has 0 saturated carbocycles. The minimum Gasteiger partial charge on any atom is -0.508 e. The van der Waals surface area contributed by atoms with Gasteiger partial charge in [0.2, 0.25) is 17.7 Å². The van der Waals surface area contributed by atoms with Gasteiger partial charge in [-0.25, -0.2) is 4.79 Å². The van der Waals surface area contributed by atoms with Gasteiger partial charge < -0.3 is 47.1 Å². The second-order valence-electron chi connectivity index (χ2n) is 9.41. The molecule has 0 saturated heterocycles. The SMILES string of the molecule is CC(O)C(NC(=O)C(Cc1ccc(O)cc1)NC(=O)C(N)CO)C(=O)NC(Cc1c[nH]c2ccccc12)C(=O)O. The molecule has 0 radical (unpaired) electrons. The fraction of sp³-hybridized carbons (Fsp3) is 0.333. The third kappa shape index (κ3) is 7.79. The van der Waals surface area contributed by atoms with Crippen LogP contribution in [0.3, 0.4) is 0 Å². The van der Waals surface area contributed by atoms with Crippen LogP contribution in [0.5, 0.6) is 5.75 Å². The number of rotatable bonds is 13. The van der Waals surface area contributed by atoms with Crippen molar-refractivity contribution in [1.82, 2.24) is 20.9 Å². The van der Waals surface area contributed by atoms with Gasteiger partial charge in [0.15, 0.2) is 0 Å². The topological polar surface area (TPSA) is 227 Å². The normalized spacial score (nSPS) is 14.9. The molecule has 10 N–H and O–H groups in total. The molecule has 0 aliphatic carbocycles. The van der Waals surface area contributed by atoms with E-state index < -0.39 is 60.6 Å². The van der Waals surface area contributed by atoms with Crippen molar-refractivity contribution in [3.63, 3.8) is 0 Å². The Balaban J connectivity index is 1.76.